The Morgan fingerprint density at radius 1 is 1.40 bits per heavy atom. The molecule has 0 amide bonds. The Morgan fingerprint density at radius 2 is 2.13 bits per heavy atom. The van der Waals surface area contributed by atoms with Crippen molar-refractivity contribution in [2.45, 2.75) is 25.7 Å². The number of nitrogens with one attached hydrogen (secondary N) is 1. The predicted molar refractivity (Wildman–Crippen MR) is 61.3 cm³/mol. The fourth-order valence-corrected chi connectivity index (χ4v) is 2.05. The molecule has 3 nitrogen and oxygen atoms in total. The first-order valence-electron chi connectivity index (χ1n) is 5.47. The average Bonchev–Trinajstić information content (AvgIpc) is 2.30. The second-order valence-corrected chi connectivity index (χ2v) is 4.20. The number of nitrogens with zero attached hydrogens (tertiary/aromatic N) is 2. The van der Waals surface area contributed by atoms with Gasteiger partial charge in [0.2, 0.25) is 0 Å². The number of hydrogen-bond donors (Lipinski definition) is 1. The third-order valence-electron chi connectivity index (χ3n) is 3.06. The quantitative estimate of drug-likeness (QED) is 0.591. The van der Waals surface area contributed by atoms with Crippen molar-refractivity contribution in [3.05, 3.63) is 29.6 Å². The Balaban J connectivity index is 2.01. The molecule has 0 radical (unpaired) electrons. The van der Waals surface area contributed by atoms with Gasteiger partial charge in [-0.3, -0.25) is 10.4 Å². The standard InChI is InChI=1S/C12H17N3/c1-10-2-3-12(14-8-10)11-4-6-15(9-13)7-5-11/h2-3,8-9,11,13H,4-7H2,1H3. The van der Waals surface area contributed by atoms with Gasteiger partial charge in [0, 0.05) is 30.9 Å². The zero-order valence-electron chi connectivity index (χ0n) is 9.11. The van der Waals surface area contributed by atoms with E-state index in [0.717, 1.165) is 25.9 Å². The van der Waals surface area contributed by atoms with Crippen molar-refractivity contribution < 1.29 is 0 Å². The molecule has 15 heavy (non-hydrogen) atoms. The van der Waals surface area contributed by atoms with Crippen molar-refractivity contribution in [3.8, 4) is 0 Å². The van der Waals surface area contributed by atoms with Gasteiger partial charge in [0.1, 0.15) is 0 Å². The second-order valence-electron chi connectivity index (χ2n) is 4.20. The van der Waals surface area contributed by atoms with Crippen molar-refractivity contribution >= 4 is 6.34 Å². The summed E-state index contributed by atoms with van der Waals surface area (Å²) in [4.78, 5) is 6.54. The van der Waals surface area contributed by atoms with Gasteiger partial charge < -0.3 is 4.90 Å². The summed E-state index contributed by atoms with van der Waals surface area (Å²) in [7, 11) is 0. The molecule has 0 spiro atoms. The molecule has 0 bridgehead atoms. The van der Waals surface area contributed by atoms with E-state index in [-0.39, 0.29) is 0 Å². The maximum absolute atomic E-state index is 7.18. The van der Waals surface area contributed by atoms with Gasteiger partial charge in [-0.2, -0.15) is 0 Å². The molecule has 1 aliphatic heterocycles. The molecule has 1 aromatic heterocycles. The molecule has 1 fully saturated rings. The van der Waals surface area contributed by atoms with E-state index in [2.05, 4.69) is 28.9 Å². The summed E-state index contributed by atoms with van der Waals surface area (Å²) in [6.07, 6.45) is 5.62. The monoisotopic (exact) mass is 203 g/mol. The summed E-state index contributed by atoms with van der Waals surface area (Å²) in [5, 5.41) is 7.18. The van der Waals surface area contributed by atoms with Gasteiger partial charge >= 0.3 is 0 Å². The molecule has 0 unspecified atom stereocenters. The van der Waals surface area contributed by atoms with Crippen LogP contribution in [0.15, 0.2) is 18.3 Å². The highest BCUT2D eigenvalue weighted by Gasteiger charge is 2.19. The maximum atomic E-state index is 7.18. The van der Waals surface area contributed by atoms with E-state index >= 15 is 0 Å². The molecule has 0 aliphatic carbocycles. The molecule has 1 saturated heterocycles. The lowest BCUT2D eigenvalue weighted by atomic mass is 9.93. The van der Waals surface area contributed by atoms with E-state index < -0.39 is 0 Å². The first-order valence-corrected chi connectivity index (χ1v) is 5.47. The number of likely N-dealkylation sites (tertiary alicyclic amines) is 1. The fourth-order valence-electron chi connectivity index (χ4n) is 2.05. The molecule has 2 heterocycles. The molecule has 3 heteroatoms. The van der Waals surface area contributed by atoms with Gasteiger partial charge in [-0.05, 0) is 31.4 Å². The van der Waals surface area contributed by atoms with Gasteiger partial charge in [0.25, 0.3) is 0 Å². The van der Waals surface area contributed by atoms with Gasteiger partial charge in [0.15, 0.2) is 0 Å². The Labute approximate surface area is 90.6 Å². The normalized spacial score (nSPS) is 17.8. The van der Waals surface area contributed by atoms with Crippen molar-refractivity contribution in [3.63, 3.8) is 0 Å². The molecule has 2 rings (SSSR count). The first-order chi connectivity index (χ1) is 7.29. The smallest absolute Gasteiger partial charge is 0.0817 e. The highest BCUT2D eigenvalue weighted by molar-refractivity contribution is 5.50. The van der Waals surface area contributed by atoms with E-state index in [0.29, 0.717) is 5.92 Å². The highest BCUT2D eigenvalue weighted by atomic mass is 15.1. The lowest BCUT2D eigenvalue weighted by molar-refractivity contribution is 0.316. The number of hydrogen-bond acceptors (Lipinski definition) is 2. The van der Waals surface area contributed by atoms with Crippen LogP contribution in [0.3, 0.4) is 0 Å². The van der Waals surface area contributed by atoms with Gasteiger partial charge in [0.05, 0.1) is 6.34 Å². The molecule has 1 N–H and O–H groups in total. The Bertz CT molecular complexity index is 323. The number of aryl methyl sites for hydroxylation is 1. The zero-order valence-corrected chi connectivity index (χ0v) is 9.11. The lowest BCUT2D eigenvalue weighted by Crippen LogP contribution is -2.31. The van der Waals surface area contributed by atoms with Crippen LogP contribution in [0.2, 0.25) is 0 Å². The van der Waals surface area contributed by atoms with Crippen LogP contribution in [0, 0.1) is 12.3 Å². The molecule has 0 aromatic carbocycles. The summed E-state index contributed by atoms with van der Waals surface area (Å²) >= 11 is 0. The van der Waals surface area contributed by atoms with Crippen LogP contribution < -0.4 is 0 Å². The fraction of sp³-hybridized carbons (Fsp3) is 0.500. The summed E-state index contributed by atoms with van der Waals surface area (Å²) in [5.74, 6) is 0.585. The molecule has 80 valence electrons. The van der Waals surface area contributed by atoms with E-state index in [1.807, 2.05) is 6.20 Å². The van der Waals surface area contributed by atoms with Gasteiger partial charge in [-0.1, -0.05) is 6.07 Å². The highest BCUT2D eigenvalue weighted by Crippen LogP contribution is 2.25. The van der Waals surface area contributed by atoms with Crippen LogP contribution in [0.5, 0.6) is 0 Å². The molecule has 1 aliphatic rings. The number of piperidine rings is 1. The number of rotatable bonds is 2. The Hall–Kier alpha value is -1.38. The summed E-state index contributed by atoms with van der Waals surface area (Å²) < 4.78 is 0. The molecular formula is C12H17N3. The summed E-state index contributed by atoms with van der Waals surface area (Å²) in [6, 6.07) is 4.27. The van der Waals surface area contributed by atoms with Gasteiger partial charge in [-0.15, -0.1) is 0 Å². The summed E-state index contributed by atoms with van der Waals surface area (Å²) in [5.41, 5.74) is 2.43. The van der Waals surface area contributed by atoms with E-state index in [1.54, 1.807) is 0 Å². The minimum absolute atomic E-state index is 0.585. The van der Waals surface area contributed by atoms with Crippen LogP contribution in [-0.4, -0.2) is 29.3 Å². The topological polar surface area (TPSA) is 40.0 Å². The third-order valence-corrected chi connectivity index (χ3v) is 3.06. The second kappa shape index (κ2) is 4.43. The van der Waals surface area contributed by atoms with Crippen LogP contribution in [-0.2, 0) is 0 Å². The van der Waals surface area contributed by atoms with Crippen molar-refractivity contribution in [1.29, 1.82) is 5.41 Å². The molecule has 0 saturated carbocycles. The van der Waals surface area contributed by atoms with Crippen LogP contribution in [0.4, 0.5) is 0 Å². The minimum Gasteiger partial charge on any atom is -0.363 e. The predicted octanol–water partition coefficient (Wildman–Crippen LogP) is 2.18. The summed E-state index contributed by atoms with van der Waals surface area (Å²) in [6.45, 7) is 4.04. The van der Waals surface area contributed by atoms with Crippen molar-refractivity contribution in [1.82, 2.24) is 9.88 Å². The van der Waals surface area contributed by atoms with Crippen LogP contribution >= 0.6 is 0 Å². The van der Waals surface area contributed by atoms with Crippen LogP contribution in [0.25, 0.3) is 0 Å². The Morgan fingerprint density at radius 3 is 2.67 bits per heavy atom. The number of pyridine rings is 1. The van der Waals surface area contributed by atoms with Crippen LogP contribution in [0.1, 0.15) is 30.0 Å². The van der Waals surface area contributed by atoms with Gasteiger partial charge in [-0.25, -0.2) is 0 Å². The van der Waals surface area contributed by atoms with E-state index in [4.69, 9.17) is 5.41 Å². The SMILES string of the molecule is Cc1ccc(C2CCN(C=N)CC2)nc1. The Kier molecular flexibility index (Phi) is 2.99. The maximum Gasteiger partial charge on any atom is 0.0817 e. The van der Waals surface area contributed by atoms with Crippen molar-refractivity contribution in [2.24, 2.45) is 0 Å². The first kappa shape index (κ1) is 10.1. The minimum atomic E-state index is 0.585. The lowest BCUT2D eigenvalue weighted by Gasteiger charge is -2.29. The molecule has 1 aromatic rings. The molecular weight excluding hydrogens is 186 g/mol. The molecule has 0 atom stereocenters. The largest absolute Gasteiger partial charge is 0.363 e. The van der Waals surface area contributed by atoms with E-state index in [9.17, 15) is 0 Å². The van der Waals surface area contributed by atoms with E-state index in [1.165, 1.54) is 17.6 Å². The van der Waals surface area contributed by atoms with Crippen molar-refractivity contribution in [2.75, 3.05) is 13.1 Å². The zero-order chi connectivity index (χ0) is 10.7. The average molecular weight is 203 g/mol. The number of aromatic nitrogens is 1. The third kappa shape index (κ3) is 2.35.